The second-order valence-electron chi connectivity index (χ2n) is 2.80. The fourth-order valence-corrected chi connectivity index (χ4v) is 1.04. The molecule has 0 bridgehead atoms. The van der Waals surface area contributed by atoms with E-state index in [2.05, 4.69) is 12.6 Å². The number of carbonyl (C=O) groups excluding carboxylic acids is 1. The van der Waals surface area contributed by atoms with Crippen LogP contribution in [0.25, 0.3) is 0 Å². The Morgan fingerprint density at radius 2 is 2.00 bits per heavy atom. The number of hydrogen-bond donors (Lipinski definition) is 1. The molecule has 0 saturated carbocycles. The van der Waals surface area contributed by atoms with Crippen LogP contribution in [-0.2, 0) is 11.2 Å². The smallest absolute Gasteiger partial charge is 0.149 e. The fourth-order valence-electron chi connectivity index (χ4n) is 0.945. The molecule has 1 aromatic rings. The number of Topliss-reactive ketones (excluding diaryl/α,β-unsaturated/α-hetero) is 1. The number of carbonyl (C=O) groups is 1. The van der Waals surface area contributed by atoms with E-state index in [1.165, 1.54) is 0 Å². The van der Waals surface area contributed by atoms with E-state index in [1.807, 2.05) is 30.3 Å². The molecule has 0 N–H and O–H groups in total. The quantitative estimate of drug-likeness (QED) is 0.705. The summed E-state index contributed by atoms with van der Waals surface area (Å²) in [7, 11) is 0. The molecule has 0 aromatic heterocycles. The molecular weight excluding hydrogens is 168 g/mol. The van der Waals surface area contributed by atoms with Gasteiger partial charge in [0.2, 0.25) is 0 Å². The summed E-state index contributed by atoms with van der Waals surface area (Å²) in [5.74, 6) is 0.171. The van der Waals surface area contributed by atoms with Crippen LogP contribution in [0, 0.1) is 0 Å². The van der Waals surface area contributed by atoms with Crippen molar-refractivity contribution < 1.29 is 4.79 Å². The van der Waals surface area contributed by atoms with Gasteiger partial charge in [-0.25, -0.2) is 0 Å². The largest absolute Gasteiger partial charge is 0.298 e. The van der Waals surface area contributed by atoms with Crippen molar-refractivity contribution >= 4 is 18.4 Å². The van der Waals surface area contributed by atoms with Crippen molar-refractivity contribution in [3.63, 3.8) is 0 Å². The molecule has 12 heavy (non-hydrogen) atoms. The Bertz CT molecular complexity index is 254. The second kappa shape index (κ2) is 4.31. The van der Waals surface area contributed by atoms with Crippen LogP contribution >= 0.6 is 12.6 Å². The summed E-state index contributed by atoms with van der Waals surface area (Å²) in [5.41, 5.74) is 1.06. The Kier molecular flexibility index (Phi) is 3.35. The van der Waals surface area contributed by atoms with Crippen LogP contribution in [0.2, 0.25) is 0 Å². The molecule has 0 amide bonds. The van der Waals surface area contributed by atoms with Crippen LogP contribution in [0.3, 0.4) is 0 Å². The van der Waals surface area contributed by atoms with Gasteiger partial charge in [0.1, 0.15) is 5.78 Å². The van der Waals surface area contributed by atoms with E-state index in [4.69, 9.17) is 0 Å². The van der Waals surface area contributed by atoms with Crippen LogP contribution < -0.4 is 0 Å². The Balaban J connectivity index is 2.59. The summed E-state index contributed by atoms with van der Waals surface area (Å²) in [4.78, 5) is 11.2. The van der Waals surface area contributed by atoms with Gasteiger partial charge < -0.3 is 0 Å². The monoisotopic (exact) mass is 180 g/mol. The van der Waals surface area contributed by atoms with Gasteiger partial charge in [0, 0.05) is 6.42 Å². The summed E-state index contributed by atoms with van der Waals surface area (Å²) < 4.78 is 0. The third kappa shape index (κ3) is 2.70. The van der Waals surface area contributed by atoms with Gasteiger partial charge in [0.05, 0.1) is 5.25 Å². The van der Waals surface area contributed by atoms with E-state index >= 15 is 0 Å². The summed E-state index contributed by atoms with van der Waals surface area (Å²) in [6, 6.07) is 9.72. The highest BCUT2D eigenvalue weighted by molar-refractivity contribution is 7.81. The molecule has 1 aromatic carbocycles. The Labute approximate surface area is 78.2 Å². The van der Waals surface area contributed by atoms with Crippen LogP contribution in [0.4, 0.5) is 0 Å². The summed E-state index contributed by atoms with van der Waals surface area (Å²) in [6.45, 7) is 1.80. The van der Waals surface area contributed by atoms with Gasteiger partial charge in [-0.05, 0) is 12.5 Å². The molecule has 0 spiro atoms. The SMILES string of the molecule is CC(S)C(=O)Cc1ccccc1. The molecule has 1 unspecified atom stereocenters. The number of ketones is 1. The van der Waals surface area contributed by atoms with E-state index in [0.717, 1.165) is 5.56 Å². The lowest BCUT2D eigenvalue weighted by Crippen LogP contribution is -2.12. The molecule has 0 aliphatic rings. The zero-order valence-electron chi connectivity index (χ0n) is 7.03. The molecule has 2 heteroatoms. The van der Waals surface area contributed by atoms with Crippen LogP contribution in [0.1, 0.15) is 12.5 Å². The topological polar surface area (TPSA) is 17.1 Å². The van der Waals surface area contributed by atoms with Crippen LogP contribution in [0.15, 0.2) is 30.3 Å². The standard InChI is InChI=1S/C10H12OS/c1-8(12)10(11)7-9-5-3-2-4-6-9/h2-6,8,12H,7H2,1H3. The van der Waals surface area contributed by atoms with Crippen molar-refractivity contribution in [2.45, 2.75) is 18.6 Å². The average Bonchev–Trinajstić information content (AvgIpc) is 2.06. The maximum Gasteiger partial charge on any atom is 0.149 e. The predicted octanol–water partition coefficient (Wildman–Crippen LogP) is 2.12. The van der Waals surface area contributed by atoms with Crippen molar-refractivity contribution in [3.8, 4) is 0 Å². The Hall–Kier alpha value is -0.760. The summed E-state index contributed by atoms with van der Waals surface area (Å²) in [6.07, 6.45) is 0.492. The number of thiol groups is 1. The van der Waals surface area contributed by atoms with Crippen LogP contribution in [-0.4, -0.2) is 11.0 Å². The van der Waals surface area contributed by atoms with Crippen molar-refractivity contribution in [1.82, 2.24) is 0 Å². The van der Waals surface area contributed by atoms with Gasteiger partial charge in [-0.1, -0.05) is 30.3 Å². The first-order valence-corrected chi connectivity index (χ1v) is 4.46. The molecule has 0 saturated heterocycles. The minimum absolute atomic E-state index is 0.162. The number of benzene rings is 1. The minimum atomic E-state index is -0.162. The van der Waals surface area contributed by atoms with Gasteiger partial charge in [-0.2, -0.15) is 12.6 Å². The third-order valence-corrected chi connectivity index (χ3v) is 1.98. The average molecular weight is 180 g/mol. The lowest BCUT2D eigenvalue weighted by molar-refractivity contribution is -0.117. The van der Waals surface area contributed by atoms with Gasteiger partial charge in [0.15, 0.2) is 0 Å². The zero-order chi connectivity index (χ0) is 8.97. The first-order valence-electron chi connectivity index (χ1n) is 3.95. The molecule has 64 valence electrons. The summed E-state index contributed by atoms with van der Waals surface area (Å²) in [5, 5.41) is -0.162. The molecule has 0 heterocycles. The highest BCUT2D eigenvalue weighted by Gasteiger charge is 2.07. The van der Waals surface area contributed by atoms with Crippen molar-refractivity contribution in [3.05, 3.63) is 35.9 Å². The Morgan fingerprint density at radius 3 is 2.50 bits per heavy atom. The fraction of sp³-hybridized carbons (Fsp3) is 0.300. The maximum atomic E-state index is 11.2. The molecule has 1 rings (SSSR count). The Morgan fingerprint density at radius 1 is 1.42 bits per heavy atom. The lowest BCUT2D eigenvalue weighted by atomic mass is 10.1. The maximum absolute atomic E-state index is 11.2. The lowest BCUT2D eigenvalue weighted by Gasteiger charge is -2.02. The number of hydrogen-bond acceptors (Lipinski definition) is 2. The van der Waals surface area contributed by atoms with E-state index in [1.54, 1.807) is 6.92 Å². The molecule has 0 aliphatic carbocycles. The molecule has 0 fully saturated rings. The van der Waals surface area contributed by atoms with Crippen LogP contribution in [0.5, 0.6) is 0 Å². The third-order valence-electron chi connectivity index (χ3n) is 1.69. The molecule has 1 nitrogen and oxygen atoms in total. The van der Waals surface area contributed by atoms with Gasteiger partial charge in [-0.3, -0.25) is 4.79 Å². The first kappa shape index (κ1) is 9.33. The van der Waals surface area contributed by atoms with Crippen molar-refractivity contribution in [2.24, 2.45) is 0 Å². The highest BCUT2D eigenvalue weighted by Crippen LogP contribution is 2.04. The van der Waals surface area contributed by atoms with Gasteiger partial charge in [0.25, 0.3) is 0 Å². The van der Waals surface area contributed by atoms with E-state index in [0.29, 0.717) is 6.42 Å². The normalized spacial score (nSPS) is 12.5. The predicted molar refractivity (Wildman–Crippen MR) is 53.6 cm³/mol. The van der Waals surface area contributed by atoms with E-state index in [9.17, 15) is 4.79 Å². The van der Waals surface area contributed by atoms with Crippen molar-refractivity contribution in [2.75, 3.05) is 0 Å². The van der Waals surface area contributed by atoms with E-state index in [-0.39, 0.29) is 11.0 Å². The minimum Gasteiger partial charge on any atom is -0.298 e. The first-order chi connectivity index (χ1) is 5.70. The highest BCUT2D eigenvalue weighted by atomic mass is 32.1. The van der Waals surface area contributed by atoms with E-state index < -0.39 is 0 Å². The molecule has 0 radical (unpaired) electrons. The molecular formula is C10H12OS. The zero-order valence-corrected chi connectivity index (χ0v) is 7.92. The molecule has 1 atom stereocenters. The van der Waals surface area contributed by atoms with Crippen molar-refractivity contribution in [1.29, 1.82) is 0 Å². The molecule has 0 aliphatic heterocycles. The summed E-state index contributed by atoms with van der Waals surface area (Å²) >= 11 is 4.07. The van der Waals surface area contributed by atoms with Gasteiger partial charge >= 0.3 is 0 Å². The number of rotatable bonds is 3. The van der Waals surface area contributed by atoms with Gasteiger partial charge in [-0.15, -0.1) is 0 Å². The second-order valence-corrected chi connectivity index (χ2v) is 3.58.